The monoisotopic (exact) mass is 267 g/mol. The topological polar surface area (TPSA) is 71.5 Å². The zero-order valence-electron chi connectivity index (χ0n) is 11.3. The molecule has 0 spiro atoms. The van der Waals surface area contributed by atoms with Gasteiger partial charge in [-0.2, -0.15) is 0 Å². The Hall–Kier alpha value is -1.40. The largest absolute Gasteiger partial charge is 0.433 e. The van der Waals surface area contributed by atoms with Crippen LogP contribution in [0.15, 0.2) is 16.5 Å². The highest BCUT2D eigenvalue weighted by molar-refractivity contribution is 5.17. The van der Waals surface area contributed by atoms with E-state index in [0.29, 0.717) is 18.3 Å². The zero-order chi connectivity index (χ0) is 13.7. The van der Waals surface area contributed by atoms with Gasteiger partial charge in [-0.3, -0.25) is 15.0 Å². The summed E-state index contributed by atoms with van der Waals surface area (Å²) in [6.45, 7) is 5.82. The molecule has 19 heavy (non-hydrogen) atoms. The van der Waals surface area contributed by atoms with E-state index in [1.54, 1.807) is 6.07 Å². The standard InChI is InChI=1S/C13H21N3O3/c1-2-8-15(9-11-4-3-7-14-11)10-12-5-6-13(19-12)16(17)18/h5-6,11,14H,2-4,7-10H2,1H3. The van der Waals surface area contributed by atoms with Crippen LogP contribution < -0.4 is 5.32 Å². The molecule has 6 heteroatoms. The molecular weight excluding hydrogens is 246 g/mol. The molecule has 1 aromatic heterocycles. The lowest BCUT2D eigenvalue weighted by atomic mass is 10.2. The summed E-state index contributed by atoms with van der Waals surface area (Å²) in [4.78, 5) is 12.4. The van der Waals surface area contributed by atoms with Gasteiger partial charge in [0.15, 0.2) is 0 Å². The highest BCUT2D eigenvalue weighted by Gasteiger charge is 2.19. The summed E-state index contributed by atoms with van der Waals surface area (Å²) in [5.41, 5.74) is 0. The summed E-state index contributed by atoms with van der Waals surface area (Å²) in [6, 6.07) is 3.66. The van der Waals surface area contributed by atoms with Gasteiger partial charge in [-0.05, 0) is 38.4 Å². The average molecular weight is 267 g/mol. The third kappa shape index (κ3) is 4.04. The van der Waals surface area contributed by atoms with Crippen LogP contribution in [0.4, 0.5) is 5.88 Å². The Balaban J connectivity index is 1.92. The minimum Gasteiger partial charge on any atom is -0.404 e. The van der Waals surface area contributed by atoms with Gasteiger partial charge in [-0.15, -0.1) is 0 Å². The normalized spacial score (nSPS) is 19.2. The molecule has 0 radical (unpaired) electrons. The predicted octanol–water partition coefficient (Wildman–Crippen LogP) is 2.15. The molecule has 1 unspecified atom stereocenters. The molecule has 1 aromatic rings. The molecule has 0 aromatic carbocycles. The van der Waals surface area contributed by atoms with Gasteiger partial charge in [0, 0.05) is 12.6 Å². The Labute approximate surface area is 112 Å². The zero-order valence-corrected chi connectivity index (χ0v) is 11.3. The smallest absolute Gasteiger partial charge is 0.404 e. The Morgan fingerprint density at radius 3 is 3.00 bits per heavy atom. The van der Waals surface area contributed by atoms with Gasteiger partial charge < -0.3 is 9.73 Å². The number of nitrogens with zero attached hydrogens (tertiary/aromatic N) is 2. The van der Waals surface area contributed by atoms with Crippen LogP contribution in [0.25, 0.3) is 0 Å². The first-order chi connectivity index (χ1) is 9.19. The second kappa shape index (κ2) is 6.68. The SMILES string of the molecule is CCCN(Cc1ccc([N+](=O)[O-])o1)CC1CCCN1. The van der Waals surface area contributed by atoms with Crippen molar-refractivity contribution in [1.82, 2.24) is 10.2 Å². The van der Waals surface area contributed by atoms with Crippen LogP contribution in [0.1, 0.15) is 31.9 Å². The van der Waals surface area contributed by atoms with Crippen molar-refractivity contribution in [2.24, 2.45) is 0 Å². The van der Waals surface area contributed by atoms with E-state index in [0.717, 1.165) is 26.1 Å². The fourth-order valence-electron chi connectivity index (χ4n) is 2.55. The lowest BCUT2D eigenvalue weighted by Gasteiger charge is -2.24. The molecule has 0 amide bonds. The Bertz CT molecular complexity index is 413. The first-order valence-corrected chi connectivity index (χ1v) is 6.88. The molecule has 0 bridgehead atoms. The quantitative estimate of drug-likeness (QED) is 0.605. The van der Waals surface area contributed by atoms with Crippen LogP contribution in [0.5, 0.6) is 0 Å². The summed E-state index contributed by atoms with van der Waals surface area (Å²) in [5, 5.41) is 14.1. The van der Waals surface area contributed by atoms with Crippen molar-refractivity contribution >= 4 is 5.88 Å². The second-order valence-corrected chi connectivity index (χ2v) is 5.03. The molecule has 1 aliphatic heterocycles. The van der Waals surface area contributed by atoms with Crippen LogP contribution in [0.2, 0.25) is 0 Å². The van der Waals surface area contributed by atoms with Gasteiger partial charge in [-0.25, -0.2) is 0 Å². The van der Waals surface area contributed by atoms with E-state index in [2.05, 4.69) is 17.1 Å². The predicted molar refractivity (Wildman–Crippen MR) is 72.0 cm³/mol. The summed E-state index contributed by atoms with van der Waals surface area (Å²) in [7, 11) is 0. The Kier molecular flexibility index (Phi) is 4.93. The first-order valence-electron chi connectivity index (χ1n) is 6.88. The summed E-state index contributed by atoms with van der Waals surface area (Å²) < 4.78 is 5.23. The average Bonchev–Trinajstić information content (AvgIpc) is 3.00. The van der Waals surface area contributed by atoms with Crippen LogP contribution in [0, 0.1) is 10.1 Å². The first kappa shape index (κ1) is 14.0. The van der Waals surface area contributed by atoms with Gasteiger partial charge in [0.05, 0.1) is 12.6 Å². The maximum absolute atomic E-state index is 10.6. The molecule has 1 atom stereocenters. The van der Waals surface area contributed by atoms with E-state index < -0.39 is 4.92 Å². The molecule has 106 valence electrons. The molecule has 6 nitrogen and oxygen atoms in total. The van der Waals surface area contributed by atoms with Crippen molar-refractivity contribution in [3.8, 4) is 0 Å². The van der Waals surface area contributed by atoms with Gasteiger partial charge in [0.2, 0.25) is 0 Å². The fraction of sp³-hybridized carbons (Fsp3) is 0.692. The van der Waals surface area contributed by atoms with Gasteiger partial charge >= 0.3 is 5.88 Å². The third-order valence-corrected chi connectivity index (χ3v) is 3.39. The minimum absolute atomic E-state index is 0.176. The molecule has 1 aliphatic rings. The molecule has 1 saturated heterocycles. The fourth-order valence-corrected chi connectivity index (χ4v) is 2.55. The van der Waals surface area contributed by atoms with Crippen molar-refractivity contribution in [3.63, 3.8) is 0 Å². The number of nitro groups is 1. The van der Waals surface area contributed by atoms with E-state index >= 15 is 0 Å². The minimum atomic E-state index is -0.494. The van der Waals surface area contributed by atoms with E-state index in [4.69, 9.17) is 4.42 Å². The number of furan rings is 1. The number of nitrogens with one attached hydrogen (secondary N) is 1. The van der Waals surface area contributed by atoms with E-state index in [9.17, 15) is 10.1 Å². The van der Waals surface area contributed by atoms with Gasteiger partial charge in [0.1, 0.15) is 10.7 Å². The van der Waals surface area contributed by atoms with E-state index in [1.165, 1.54) is 18.9 Å². The lowest BCUT2D eigenvalue weighted by molar-refractivity contribution is -0.402. The molecule has 2 rings (SSSR count). The molecule has 0 saturated carbocycles. The van der Waals surface area contributed by atoms with Crippen LogP contribution in [0.3, 0.4) is 0 Å². The van der Waals surface area contributed by atoms with Gasteiger partial charge in [0.25, 0.3) is 0 Å². The van der Waals surface area contributed by atoms with Crippen molar-refractivity contribution in [1.29, 1.82) is 0 Å². The van der Waals surface area contributed by atoms with Crippen molar-refractivity contribution in [2.75, 3.05) is 19.6 Å². The van der Waals surface area contributed by atoms with Crippen LogP contribution in [-0.2, 0) is 6.54 Å². The number of hydrogen-bond acceptors (Lipinski definition) is 5. The number of rotatable bonds is 7. The molecule has 2 heterocycles. The van der Waals surface area contributed by atoms with E-state index in [-0.39, 0.29) is 5.88 Å². The van der Waals surface area contributed by atoms with Crippen LogP contribution in [-0.4, -0.2) is 35.5 Å². The lowest BCUT2D eigenvalue weighted by Crippen LogP contribution is -2.37. The molecular formula is C13H21N3O3. The Morgan fingerprint density at radius 1 is 1.58 bits per heavy atom. The molecule has 1 fully saturated rings. The molecule has 0 aliphatic carbocycles. The number of hydrogen-bond donors (Lipinski definition) is 1. The highest BCUT2D eigenvalue weighted by atomic mass is 16.6. The van der Waals surface area contributed by atoms with Gasteiger partial charge in [-0.1, -0.05) is 6.92 Å². The summed E-state index contributed by atoms with van der Waals surface area (Å²) in [5.74, 6) is 0.489. The van der Waals surface area contributed by atoms with E-state index in [1.807, 2.05) is 0 Å². The van der Waals surface area contributed by atoms with Crippen molar-refractivity contribution < 1.29 is 9.34 Å². The Morgan fingerprint density at radius 2 is 2.42 bits per heavy atom. The summed E-state index contributed by atoms with van der Waals surface area (Å²) >= 11 is 0. The highest BCUT2D eigenvalue weighted by Crippen LogP contribution is 2.18. The van der Waals surface area contributed by atoms with Crippen molar-refractivity contribution in [2.45, 2.75) is 38.8 Å². The second-order valence-electron chi connectivity index (χ2n) is 5.03. The maximum Gasteiger partial charge on any atom is 0.433 e. The van der Waals surface area contributed by atoms with Crippen molar-refractivity contribution in [3.05, 3.63) is 28.0 Å². The summed E-state index contributed by atoms with van der Waals surface area (Å²) in [6.07, 6.45) is 3.50. The maximum atomic E-state index is 10.6. The third-order valence-electron chi connectivity index (χ3n) is 3.39. The van der Waals surface area contributed by atoms with Crippen LogP contribution >= 0.6 is 0 Å². The molecule has 1 N–H and O–H groups in total.